The Morgan fingerprint density at radius 3 is 2.68 bits per heavy atom. The molecule has 2 atom stereocenters. The van der Waals surface area contributed by atoms with Gasteiger partial charge in [0, 0.05) is 12.6 Å². The molecule has 1 aromatic heterocycles. The number of carbonyl (C=O) groups excluding carboxylic acids is 1. The number of esters is 1. The van der Waals surface area contributed by atoms with Gasteiger partial charge in [-0.05, 0) is 25.1 Å². The predicted octanol–water partition coefficient (Wildman–Crippen LogP) is 3.71. The molecule has 1 aromatic carbocycles. The van der Waals surface area contributed by atoms with Crippen molar-refractivity contribution >= 4 is 17.6 Å². The third-order valence-electron chi connectivity index (χ3n) is 3.07. The summed E-state index contributed by atoms with van der Waals surface area (Å²) in [5.41, 5.74) is 0. The molecule has 134 valence electrons. The van der Waals surface area contributed by atoms with Crippen LogP contribution in [0.1, 0.15) is 20.3 Å². The Bertz CT molecular complexity index is 743. The van der Waals surface area contributed by atoms with E-state index < -0.39 is 24.2 Å². The number of benzene rings is 1. The van der Waals surface area contributed by atoms with Crippen molar-refractivity contribution in [1.82, 2.24) is 4.98 Å². The van der Waals surface area contributed by atoms with E-state index in [9.17, 15) is 14.3 Å². The lowest BCUT2D eigenvalue weighted by atomic mass is 10.3. The van der Waals surface area contributed by atoms with Crippen LogP contribution in [-0.4, -0.2) is 28.5 Å². The summed E-state index contributed by atoms with van der Waals surface area (Å²) in [5.74, 6) is -1.40. The molecule has 0 radical (unpaired) electrons. The number of pyridine rings is 1. The molecule has 0 aliphatic heterocycles. The average Bonchev–Trinajstić information content (AvgIpc) is 2.58. The average molecular weight is 370 g/mol. The standard InChI is InChI=1S/C17H17ClFNO5/c1-3-15(21)25-17(22)10(2)23-13-6-4-5-7-14(13)24-16-12(19)8-11(18)9-20-16/h4-10,15,21H,3H2,1-2H3. The van der Waals surface area contributed by atoms with Crippen molar-refractivity contribution in [3.05, 3.63) is 47.4 Å². The topological polar surface area (TPSA) is 77.9 Å². The monoisotopic (exact) mass is 369 g/mol. The molecule has 2 unspecified atom stereocenters. The Morgan fingerprint density at radius 1 is 1.36 bits per heavy atom. The molecule has 0 amide bonds. The minimum absolute atomic E-state index is 0.139. The third-order valence-corrected chi connectivity index (χ3v) is 3.27. The first kappa shape index (κ1) is 19.0. The molecule has 2 aromatic rings. The normalized spacial score (nSPS) is 13.0. The number of hydrogen-bond acceptors (Lipinski definition) is 6. The van der Waals surface area contributed by atoms with Crippen LogP contribution in [0.5, 0.6) is 17.4 Å². The highest BCUT2D eigenvalue weighted by molar-refractivity contribution is 6.30. The van der Waals surface area contributed by atoms with Crippen molar-refractivity contribution in [3.63, 3.8) is 0 Å². The van der Waals surface area contributed by atoms with Crippen molar-refractivity contribution < 1.29 is 28.5 Å². The zero-order valence-corrected chi connectivity index (χ0v) is 14.4. The molecule has 0 spiro atoms. The van der Waals surface area contributed by atoms with E-state index in [0.29, 0.717) is 0 Å². The number of aliphatic hydroxyl groups excluding tert-OH is 1. The van der Waals surface area contributed by atoms with Crippen LogP contribution in [0.15, 0.2) is 36.5 Å². The number of nitrogens with zero attached hydrogens (tertiary/aromatic N) is 1. The minimum atomic E-state index is -1.20. The highest BCUT2D eigenvalue weighted by Gasteiger charge is 2.21. The third kappa shape index (κ3) is 5.30. The van der Waals surface area contributed by atoms with Gasteiger partial charge in [-0.25, -0.2) is 14.2 Å². The lowest BCUT2D eigenvalue weighted by Gasteiger charge is -2.18. The smallest absolute Gasteiger partial charge is 0.349 e. The van der Waals surface area contributed by atoms with Gasteiger partial charge in [0.15, 0.2) is 29.7 Å². The maximum absolute atomic E-state index is 13.8. The summed E-state index contributed by atoms with van der Waals surface area (Å²) in [7, 11) is 0. The maximum Gasteiger partial charge on any atom is 0.349 e. The first-order chi connectivity index (χ1) is 11.9. The fourth-order valence-corrected chi connectivity index (χ4v) is 1.91. The highest BCUT2D eigenvalue weighted by Crippen LogP contribution is 2.32. The predicted molar refractivity (Wildman–Crippen MR) is 88.2 cm³/mol. The summed E-state index contributed by atoms with van der Waals surface area (Å²) in [6.45, 7) is 3.13. The molecular formula is C17H17ClFNO5. The summed E-state index contributed by atoms with van der Waals surface area (Å²) in [5, 5.41) is 9.50. The number of hydrogen-bond donors (Lipinski definition) is 1. The van der Waals surface area contributed by atoms with Gasteiger partial charge < -0.3 is 19.3 Å². The van der Waals surface area contributed by atoms with Crippen molar-refractivity contribution in [3.8, 4) is 17.4 Å². The van der Waals surface area contributed by atoms with E-state index in [-0.39, 0.29) is 28.8 Å². The van der Waals surface area contributed by atoms with E-state index in [4.69, 9.17) is 25.8 Å². The summed E-state index contributed by atoms with van der Waals surface area (Å²) in [6, 6.07) is 7.46. The van der Waals surface area contributed by atoms with E-state index in [1.54, 1.807) is 25.1 Å². The molecule has 0 fully saturated rings. The van der Waals surface area contributed by atoms with Crippen LogP contribution in [0.2, 0.25) is 5.02 Å². The highest BCUT2D eigenvalue weighted by atomic mass is 35.5. The SMILES string of the molecule is CCC(O)OC(=O)C(C)Oc1ccccc1Oc1ncc(Cl)cc1F. The van der Waals surface area contributed by atoms with Crippen LogP contribution in [-0.2, 0) is 9.53 Å². The summed E-state index contributed by atoms with van der Waals surface area (Å²) in [4.78, 5) is 15.6. The van der Waals surface area contributed by atoms with Gasteiger partial charge in [-0.15, -0.1) is 0 Å². The molecule has 0 aliphatic carbocycles. The number of aromatic nitrogens is 1. The fourth-order valence-electron chi connectivity index (χ4n) is 1.76. The summed E-state index contributed by atoms with van der Waals surface area (Å²) < 4.78 is 29.5. The second-order valence-corrected chi connectivity index (χ2v) is 5.49. The Kier molecular flexibility index (Phi) is 6.55. The van der Waals surface area contributed by atoms with Crippen LogP contribution < -0.4 is 9.47 Å². The van der Waals surface area contributed by atoms with Gasteiger partial charge in [0.1, 0.15) is 0 Å². The molecule has 0 aliphatic rings. The Hall–Kier alpha value is -2.38. The fraction of sp³-hybridized carbons (Fsp3) is 0.294. The molecule has 0 bridgehead atoms. The van der Waals surface area contributed by atoms with Crippen molar-refractivity contribution in [2.24, 2.45) is 0 Å². The maximum atomic E-state index is 13.8. The first-order valence-corrected chi connectivity index (χ1v) is 7.91. The zero-order valence-electron chi connectivity index (χ0n) is 13.6. The number of carbonyl (C=O) groups is 1. The van der Waals surface area contributed by atoms with E-state index in [1.165, 1.54) is 19.2 Å². The van der Waals surface area contributed by atoms with Gasteiger partial charge in [-0.3, -0.25) is 0 Å². The first-order valence-electron chi connectivity index (χ1n) is 7.53. The molecule has 2 rings (SSSR count). The number of rotatable bonds is 7. The van der Waals surface area contributed by atoms with Crippen LogP contribution >= 0.6 is 11.6 Å². The van der Waals surface area contributed by atoms with Crippen LogP contribution in [0, 0.1) is 5.82 Å². The van der Waals surface area contributed by atoms with Crippen LogP contribution in [0.3, 0.4) is 0 Å². The lowest BCUT2D eigenvalue weighted by Crippen LogP contribution is -2.30. The minimum Gasteiger partial charge on any atom is -0.475 e. The molecule has 6 nitrogen and oxygen atoms in total. The van der Waals surface area contributed by atoms with E-state index in [1.807, 2.05) is 0 Å². The van der Waals surface area contributed by atoms with E-state index in [0.717, 1.165) is 6.07 Å². The Balaban J connectivity index is 2.13. The quantitative estimate of drug-likeness (QED) is 0.592. The molecular weight excluding hydrogens is 353 g/mol. The Morgan fingerprint density at radius 2 is 2.04 bits per heavy atom. The summed E-state index contributed by atoms with van der Waals surface area (Å²) in [6.07, 6.45) is -0.693. The number of aliphatic hydroxyl groups is 1. The van der Waals surface area contributed by atoms with Gasteiger partial charge in [0.05, 0.1) is 5.02 Å². The van der Waals surface area contributed by atoms with Crippen molar-refractivity contribution in [2.45, 2.75) is 32.7 Å². The molecule has 0 saturated carbocycles. The van der Waals surface area contributed by atoms with Gasteiger partial charge in [-0.2, -0.15) is 0 Å². The van der Waals surface area contributed by atoms with Gasteiger partial charge in [-0.1, -0.05) is 30.7 Å². The molecule has 0 saturated heterocycles. The van der Waals surface area contributed by atoms with Gasteiger partial charge in [0.25, 0.3) is 5.88 Å². The molecule has 25 heavy (non-hydrogen) atoms. The number of para-hydroxylation sites is 2. The number of ether oxygens (including phenoxy) is 3. The molecule has 1 N–H and O–H groups in total. The molecule has 8 heteroatoms. The van der Waals surface area contributed by atoms with Gasteiger partial charge >= 0.3 is 5.97 Å². The zero-order chi connectivity index (χ0) is 18.4. The van der Waals surface area contributed by atoms with Crippen molar-refractivity contribution in [2.75, 3.05) is 0 Å². The lowest BCUT2D eigenvalue weighted by molar-refractivity contribution is -0.175. The number of halogens is 2. The van der Waals surface area contributed by atoms with E-state index >= 15 is 0 Å². The second kappa shape index (κ2) is 8.64. The van der Waals surface area contributed by atoms with Gasteiger partial charge in [0.2, 0.25) is 0 Å². The summed E-state index contributed by atoms with van der Waals surface area (Å²) >= 11 is 5.65. The van der Waals surface area contributed by atoms with Crippen LogP contribution in [0.25, 0.3) is 0 Å². The molecule has 1 heterocycles. The Labute approximate surface area is 149 Å². The second-order valence-electron chi connectivity index (χ2n) is 5.05. The van der Waals surface area contributed by atoms with Crippen molar-refractivity contribution in [1.29, 1.82) is 0 Å². The van der Waals surface area contributed by atoms with Crippen LogP contribution in [0.4, 0.5) is 4.39 Å². The van der Waals surface area contributed by atoms with E-state index in [2.05, 4.69) is 4.98 Å². The largest absolute Gasteiger partial charge is 0.475 e.